The predicted octanol–water partition coefficient (Wildman–Crippen LogP) is 1.38. The number of nitrogens with zero attached hydrogens (tertiary/aromatic N) is 2. The highest BCUT2D eigenvalue weighted by Crippen LogP contribution is 2.36. The van der Waals surface area contributed by atoms with E-state index in [-0.39, 0.29) is 17.7 Å². The van der Waals surface area contributed by atoms with Gasteiger partial charge in [-0.2, -0.15) is 0 Å². The molecule has 13 heteroatoms. The van der Waals surface area contributed by atoms with Crippen molar-refractivity contribution in [3.05, 3.63) is 47.5 Å². The van der Waals surface area contributed by atoms with Crippen LogP contribution in [0.4, 0.5) is 0 Å². The summed E-state index contributed by atoms with van der Waals surface area (Å²) in [7, 11) is 3.26. The minimum atomic E-state index is -0.0731. The molecule has 2 aromatic rings. The maximum absolute atomic E-state index is 10.9. The Morgan fingerprint density at radius 2 is 1.42 bits per heavy atom. The first-order valence-corrected chi connectivity index (χ1v) is 15.6. The van der Waals surface area contributed by atoms with Crippen LogP contribution < -0.4 is 25.4 Å². The van der Waals surface area contributed by atoms with Gasteiger partial charge < -0.3 is 49.3 Å². The molecule has 1 unspecified atom stereocenters. The number of hydrogen-bond acceptors (Lipinski definition) is 13. The molecule has 1 aliphatic rings. The monoisotopic (exact) mass is 633 g/mol. The first-order chi connectivity index (χ1) is 22.2. The van der Waals surface area contributed by atoms with Gasteiger partial charge in [-0.25, -0.2) is 0 Å². The molecule has 13 nitrogen and oxygen atoms in total. The quantitative estimate of drug-likeness (QED) is 0.0795. The number of aromatic hydroxyl groups is 2. The number of methoxy groups -OCH3 is 2. The number of rotatable bonds is 25. The van der Waals surface area contributed by atoms with Crippen LogP contribution in [0.3, 0.4) is 0 Å². The Labute approximate surface area is 266 Å². The van der Waals surface area contributed by atoms with Crippen molar-refractivity contribution in [2.45, 2.75) is 6.17 Å². The Balaban J connectivity index is 1.28. The van der Waals surface area contributed by atoms with Crippen molar-refractivity contribution in [1.82, 2.24) is 20.9 Å². The van der Waals surface area contributed by atoms with Crippen LogP contribution in [0, 0.1) is 0 Å². The van der Waals surface area contributed by atoms with Crippen LogP contribution in [0.5, 0.6) is 23.0 Å². The van der Waals surface area contributed by atoms with Crippen LogP contribution in [0.1, 0.15) is 17.3 Å². The zero-order valence-electron chi connectivity index (χ0n) is 26.7. The molecule has 0 amide bonds. The van der Waals surface area contributed by atoms with E-state index in [1.807, 2.05) is 18.2 Å². The summed E-state index contributed by atoms with van der Waals surface area (Å²) in [5, 5.41) is 31.7. The Hall–Kier alpha value is -3.01. The summed E-state index contributed by atoms with van der Waals surface area (Å²) >= 11 is 0. The maximum atomic E-state index is 10.9. The number of para-hydroxylation sites is 2. The van der Waals surface area contributed by atoms with Crippen molar-refractivity contribution < 1.29 is 38.6 Å². The van der Waals surface area contributed by atoms with Crippen LogP contribution in [0.2, 0.25) is 0 Å². The number of phenolic OH excluding ortho intramolecular Hbond substituents is 2. The molecule has 45 heavy (non-hydrogen) atoms. The van der Waals surface area contributed by atoms with Crippen LogP contribution in [0.15, 0.2) is 41.4 Å². The van der Waals surface area contributed by atoms with Gasteiger partial charge in [0.2, 0.25) is 0 Å². The largest absolute Gasteiger partial charge is 0.504 e. The molecule has 0 aliphatic carbocycles. The molecular weight excluding hydrogens is 582 g/mol. The number of benzene rings is 2. The fraction of sp³-hybridized carbons (Fsp3) is 0.594. The summed E-state index contributed by atoms with van der Waals surface area (Å²) in [6.07, 6.45) is 1.59. The molecule has 3 rings (SSSR count). The van der Waals surface area contributed by atoms with E-state index >= 15 is 0 Å². The molecule has 1 heterocycles. The van der Waals surface area contributed by atoms with Crippen molar-refractivity contribution in [1.29, 1.82) is 0 Å². The van der Waals surface area contributed by atoms with Gasteiger partial charge in [-0.05, 0) is 18.2 Å². The van der Waals surface area contributed by atoms with Crippen molar-refractivity contribution in [2.24, 2.45) is 4.99 Å². The Kier molecular flexibility index (Phi) is 18.2. The van der Waals surface area contributed by atoms with E-state index in [1.54, 1.807) is 38.6 Å². The molecule has 5 N–H and O–H groups in total. The van der Waals surface area contributed by atoms with Gasteiger partial charge in [0.25, 0.3) is 0 Å². The fourth-order valence-electron chi connectivity index (χ4n) is 4.65. The number of ether oxygens (including phenoxy) is 6. The van der Waals surface area contributed by atoms with E-state index in [1.165, 1.54) is 0 Å². The second kappa shape index (κ2) is 22.5. The maximum Gasteiger partial charge on any atom is 0.166 e. The highest BCUT2D eigenvalue weighted by Gasteiger charge is 2.28. The predicted molar refractivity (Wildman–Crippen MR) is 173 cm³/mol. The summed E-state index contributed by atoms with van der Waals surface area (Å²) in [5.41, 5.74) is 1.42. The van der Waals surface area contributed by atoms with E-state index in [4.69, 9.17) is 28.4 Å². The molecule has 0 aromatic heterocycles. The lowest BCUT2D eigenvalue weighted by molar-refractivity contribution is 0.0539. The molecule has 0 radical (unpaired) electrons. The lowest BCUT2D eigenvalue weighted by atomic mass is 10.1. The summed E-state index contributed by atoms with van der Waals surface area (Å²) in [6, 6.07) is 11.0. The van der Waals surface area contributed by atoms with Crippen LogP contribution in [-0.2, 0) is 18.9 Å². The SMILES string of the molecule is COCCOCCOc1cccc(C=NCCNCCNCCN2CCNC2c2cccc(OCCOCCOC)c2O)c1O. The molecular formula is C32H51N5O8. The fourth-order valence-corrected chi connectivity index (χ4v) is 4.65. The van der Waals surface area contributed by atoms with Crippen molar-refractivity contribution in [2.75, 3.05) is 119 Å². The van der Waals surface area contributed by atoms with Gasteiger partial charge in [0.1, 0.15) is 13.2 Å². The second-order valence-corrected chi connectivity index (χ2v) is 10.2. The highest BCUT2D eigenvalue weighted by molar-refractivity contribution is 5.84. The van der Waals surface area contributed by atoms with Gasteiger partial charge in [0.05, 0.1) is 52.4 Å². The molecule has 1 saturated heterocycles. The third-order valence-corrected chi connectivity index (χ3v) is 6.99. The Bertz CT molecular complexity index is 1110. The average molecular weight is 634 g/mol. The third kappa shape index (κ3) is 13.5. The molecule has 0 spiro atoms. The lowest BCUT2D eigenvalue weighted by Gasteiger charge is -2.25. The van der Waals surface area contributed by atoms with Gasteiger partial charge >= 0.3 is 0 Å². The lowest BCUT2D eigenvalue weighted by Crippen LogP contribution is -2.36. The highest BCUT2D eigenvalue weighted by atomic mass is 16.5. The second-order valence-electron chi connectivity index (χ2n) is 10.2. The third-order valence-electron chi connectivity index (χ3n) is 6.99. The van der Waals surface area contributed by atoms with E-state index in [0.29, 0.717) is 76.5 Å². The minimum absolute atomic E-state index is 0.0708. The van der Waals surface area contributed by atoms with Crippen molar-refractivity contribution >= 4 is 6.21 Å². The summed E-state index contributed by atoms with van der Waals surface area (Å²) < 4.78 is 32.1. The molecule has 0 saturated carbocycles. The summed E-state index contributed by atoms with van der Waals surface area (Å²) in [6.45, 7) is 10.00. The zero-order valence-corrected chi connectivity index (χ0v) is 26.7. The van der Waals surface area contributed by atoms with Crippen LogP contribution in [0.25, 0.3) is 0 Å². The number of hydrogen-bond donors (Lipinski definition) is 5. The normalized spacial score (nSPS) is 15.3. The van der Waals surface area contributed by atoms with Crippen LogP contribution >= 0.6 is 0 Å². The molecule has 2 aromatic carbocycles. The van der Waals surface area contributed by atoms with E-state index in [9.17, 15) is 10.2 Å². The minimum Gasteiger partial charge on any atom is -0.504 e. The van der Waals surface area contributed by atoms with Crippen molar-refractivity contribution in [3.8, 4) is 23.0 Å². The topological polar surface area (TPSA) is 148 Å². The standard InChI is InChI=1S/C32H51N5O8/c1-40-17-19-42-21-23-44-28-7-3-5-26(30(28)38)25-35-12-11-33-9-10-34-13-15-37-16-14-36-32(37)27-6-4-8-29(31(27)39)45-24-22-43-20-18-41-2/h3-8,25,32-34,36,38-39H,9-24H2,1-2H3. The van der Waals surface area contributed by atoms with Gasteiger partial charge in [-0.1, -0.05) is 18.2 Å². The van der Waals surface area contributed by atoms with Gasteiger partial charge in [0, 0.05) is 77.4 Å². The van der Waals surface area contributed by atoms with E-state index < -0.39 is 0 Å². The van der Waals surface area contributed by atoms with Crippen molar-refractivity contribution in [3.63, 3.8) is 0 Å². The van der Waals surface area contributed by atoms with Gasteiger partial charge in [0.15, 0.2) is 23.0 Å². The average Bonchev–Trinajstić information content (AvgIpc) is 3.51. The molecule has 1 fully saturated rings. The summed E-state index contributed by atoms with van der Waals surface area (Å²) in [4.78, 5) is 6.74. The molecule has 1 atom stereocenters. The van der Waals surface area contributed by atoms with Crippen LogP contribution in [-0.4, -0.2) is 141 Å². The molecule has 252 valence electrons. The number of phenols is 2. The molecule has 0 bridgehead atoms. The van der Waals surface area contributed by atoms with Gasteiger partial charge in [-0.3, -0.25) is 15.2 Å². The Morgan fingerprint density at radius 1 is 0.800 bits per heavy atom. The first kappa shape index (κ1) is 36.5. The van der Waals surface area contributed by atoms with E-state index in [2.05, 4.69) is 25.8 Å². The van der Waals surface area contributed by atoms with E-state index in [0.717, 1.165) is 51.4 Å². The smallest absolute Gasteiger partial charge is 0.166 e. The first-order valence-electron chi connectivity index (χ1n) is 15.6. The number of nitrogens with one attached hydrogen (secondary N) is 3. The number of aliphatic imine (C=N–C) groups is 1. The summed E-state index contributed by atoms with van der Waals surface area (Å²) in [5.74, 6) is 1.10. The molecule has 1 aliphatic heterocycles. The Morgan fingerprint density at radius 3 is 2.11 bits per heavy atom. The van der Waals surface area contributed by atoms with Gasteiger partial charge in [-0.15, -0.1) is 0 Å². The zero-order chi connectivity index (χ0) is 32.0.